The summed E-state index contributed by atoms with van der Waals surface area (Å²) in [6.45, 7) is 0.799. The Kier molecular flexibility index (Phi) is 4.86. The second-order valence-corrected chi connectivity index (χ2v) is 5.19. The van der Waals surface area contributed by atoms with Gasteiger partial charge >= 0.3 is 0 Å². The minimum atomic E-state index is 0.531. The van der Waals surface area contributed by atoms with Crippen LogP contribution in [-0.4, -0.2) is 28.4 Å². The molecular formula is C12H17Cl2N3. The third-order valence-corrected chi connectivity index (χ3v) is 3.57. The van der Waals surface area contributed by atoms with Gasteiger partial charge in [-0.05, 0) is 12.8 Å². The van der Waals surface area contributed by atoms with E-state index in [1.807, 2.05) is 0 Å². The quantitative estimate of drug-likeness (QED) is 0.787. The van der Waals surface area contributed by atoms with Crippen molar-refractivity contribution in [2.45, 2.75) is 38.1 Å². The number of nitrogens with zero attached hydrogens (tertiary/aromatic N) is 3. The minimum Gasteiger partial charge on any atom is -0.337 e. The molecule has 0 saturated heterocycles. The van der Waals surface area contributed by atoms with Gasteiger partial charge in [0.2, 0.25) is 5.95 Å². The zero-order valence-electron chi connectivity index (χ0n) is 9.78. The fourth-order valence-corrected chi connectivity index (χ4v) is 2.66. The van der Waals surface area contributed by atoms with Crippen molar-refractivity contribution in [2.24, 2.45) is 0 Å². The van der Waals surface area contributed by atoms with Crippen LogP contribution in [0.5, 0.6) is 0 Å². The molecule has 17 heavy (non-hydrogen) atoms. The summed E-state index contributed by atoms with van der Waals surface area (Å²) in [5, 5.41) is 0.572. The average Bonchev–Trinajstić information content (AvgIpc) is 2.38. The van der Waals surface area contributed by atoms with Crippen LogP contribution in [-0.2, 0) is 0 Å². The third kappa shape index (κ3) is 3.46. The van der Waals surface area contributed by atoms with E-state index in [1.165, 1.54) is 32.1 Å². The van der Waals surface area contributed by atoms with Gasteiger partial charge in [-0.1, -0.05) is 30.9 Å². The van der Waals surface area contributed by atoms with Crippen molar-refractivity contribution in [3.63, 3.8) is 0 Å². The highest BCUT2D eigenvalue weighted by Crippen LogP contribution is 2.25. The molecule has 0 amide bonds. The van der Waals surface area contributed by atoms with E-state index in [2.05, 4.69) is 14.9 Å². The number of hydrogen-bond donors (Lipinski definition) is 0. The maximum Gasteiger partial charge on any atom is 0.225 e. The van der Waals surface area contributed by atoms with E-state index in [-0.39, 0.29) is 0 Å². The lowest BCUT2D eigenvalue weighted by Gasteiger charge is -2.33. The summed E-state index contributed by atoms with van der Waals surface area (Å²) in [6, 6.07) is 0.531. The van der Waals surface area contributed by atoms with E-state index in [4.69, 9.17) is 23.2 Å². The molecule has 3 nitrogen and oxygen atoms in total. The lowest BCUT2D eigenvalue weighted by Crippen LogP contribution is -2.39. The van der Waals surface area contributed by atoms with Crippen LogP contribution >= 0.6 is 23.2 Å². The van der Waals surface area contributed by atoms with Crippen LogP contribution < -0.4 is 4.90 Å². The first-order chi connectivity index (χ1) is 8.31. The van der Waals surface area contributed by atoms with Crippen molar-refractivity contribution in [1.82, 2.24) is 9.97 Å². The van der Waals surface area contributed by atoms with Crippen LogP contribution in [0.2, 0.25) is 5.02 Å². The number of anilines is 1. The predicted octanol–water partition coefficient (Wildman–Crippen LogP) is 3.51. The Morgan fingerprint density at radius 1 is 1.18 bits per heavy atom. The lowest BCUT2D eigenvalue weighted by molar-refractivity contribution is 0.414. The Morgan fingerprint density at radius 2 is 1.82 bits per heavy atom. The molecule has 5 heteroatoms. The SMILES string of the molecule is ClCCN(c1ncc(Cl)cn1)C1CCCCC1. The van der Waals surface area contributed by atoms with Gasteiger partial charge in [-0.15, -0.1) is 11.6 Å². The molecule has 0 radical (unpaired) electrons. The number of rotatable bonds is 4. The standard InChI is InChI=1S/C12H17Cl2N3/c13-6-7-17(11-4-2-1-3-5-11)12-15-8-10(14)9-16-12/h8-9,11H,1-7H2. The second kappa shape index (κ2) is 6.41. The molecule has 0 bridgehead atoms. The molecule has 0 aliphatic heterocycles. The summed E-state index contributed by atoms with van der Waals surface area (Å²) in [6.07, 6.45) is 9.63. The maximum atomic E-state index is 5.87. The molecule has 1 aliphatic carbocycles. The van der Waals surface area contributed by atoms with Gasteiger partial charge in [-0.3, -0.25) is 0 Å². The van der Waals surface area contributed by atoms with Crippen molar-refractivity contribution >= 4 is 29.2 Å². The first-order valence-electron chi connectivity index (χ1n) is 6.11. The molecule has 1 aliphatic rings. The van der Waals surface area contributed by atoms with Crippen LogP contribution in [0.1, 0.15) is 32.1 Å². The largest absolute Gasteiger partial charge is 0.337 e. The second-order valence-electron chi connectivity index (χ2n) is 4.38. The third-order valence-electron chi connectivity index (χ3n) is 3.20. The smallest absolute Gasteiger partial charge is 0.225 e. The molecular weight excluding hydrogens is 257 g/mol. The minimum absolute atomic E-state index is 0.531. The Balaban J connectivity index is 2.12. The predicted molar refractivity (Wildman–Crippen MR) is 72.0 cm³/mol. The molecule has 1 aromatic heterocycles. The van der Waals surface area contributed by atoms with Crippen LogP contribution in [0, 0.1) is 0 Å². The van der Waals surface area contributed by atoms with E-state index in [1.54, 1.807) is 12.4 Å². The molecule has 1 heterocycles. The van der Waals surface area contributed by atoms with Crippen LogP contribution in [0.15, 0.2) is 12.4 Å². The Labute approximate surface area is 112 Å². The summed E-state index contributed by atoms with van der Waals surface area (Å²) < 4.78 is 0. The molecule has 1 fully saturated rings. The molecule has 2 rings (SSSR count). The number of alkyl halides is 1. The van der Waals surface area contributed by atoms with Crippen LogP contribution in [0.4, 0.5) is 5.95 Å². The highest BCUT2D eigenvalue weighted by atomic mass is 35.5. The molecule has 0 aromatic carbocycles. The molecule has 0 spiro atoms. The fraction of sp³-hybridized carbons (Fsp3) is 0.667. The highest BCUT2D eigenvalue weighted by Gasteiger charge is 2.22. The van der Waals surface area contributed by atoms with E-state index in [9.17, 15) is 0 Å². The van der Waals surface area contributed by atoms with Gasteiger partial charge in [-0.2, -0.15) is 0 Å². The molecule has 94 valence electrons. The maximum absolute atomic E-state index is 5.87. The van der Waals surface area contributed by atoms with Gasteiger partial charge in [0, 0.05) is 18.5 Å². The van der Waals surface area contributed by atoms with Gasteiger partial charge in [0.15, 0.2) is 0 Å². The summed E-state index contributed by atoms with van der Waals surface area (Å²) >= 11 is 11.7. The van der Waals surface area contributed by atoms with Gasteiger partial charge in [-0.25, -0.2) is 9.97 Å². The Morgan fingerprint density at radius 3 is 2.41 bits per heavy atom. The van der Waals surface area contributed by atoms with Crippen molar-refractivity contribution in [2.75, 3.05) is 17.3 Å². The fourth-order valence-electron chi connectivity index (χ4n) is 2.38. The summed E-state index contributed by atoms with van der Waals surface area (Å²) in [5.41, 5.74) is 0. The number of aromatic nitrogens is 2. The normalized spacial score (nSPS) is 17.1. The molecule has 0 atom stereocenters. The van der Waals surface area contributed by atoms with Crippen molar-refractivity contribution in [1.29, 1.82) is 0 Å². The van der Waals surface area contributed by atoms with Gasteiger partial charge in [0.05, 0.1) is 17.4 Å². The van der Waals surface area contributed by atoms with E-state index in [0.29, 0.717) is 16.9 Å². The van der Waals surface area contributed by atoms with Crippen LogP contribution in [0.25, 0.3) is 0 Å². The Hall–Kier alpha value is -0.540. The zero-order valence-corrected chi connectivity index (χ0v) is 11.3. The summed E-state index contributed by atoms with van der Waals surface area (Å²) in [5.74, 6) is 1.35. The van der Waals surface area contributed by atoms with Gasteiger partial charge in [0.1, 0.15) is 0 Å². The van der Waals surface area contributed by atoms with E-state index in [0.717, 1.165) is 12.5 Å². The molecule has 0 unspecified atom stereocenters. The van der Waals surface area contributed by atoms with Crippen molar-refractivity contribution in [3.05, 3.63) is 17.4 Å². The zero-order chi connectivity index (χ0) is 12.1. The summed E-state index contributed by atoms with van der Waals surface area (Å²) in [4.78, 5) is 10.8. The first-order valence-corrected chi connectivity index (χ1v) is 7.02. The van der Waals surface area contributed by atoms with Crippen LogP contribution in [0.3, 0.4) is 0 Å². The molecule has 1 saturated carbocycles. The van der Waals surface area contributed by atoms with E-state index >= 15 is 0 Å². The van der Waals surface area contributed by atoms with Crippen molar-refractivity contribution < 1.29 is 0 Å². The topological polar surface area (TPSA) is 29.0 Å². The Bertz CT molecular complexity index is 336. The summed E-state index contributed by atoms with van der Waals surface area (Å²) in [7, 11) is 0. The molecule has 1 aromatic rings. The first kappa shape index (κ1) is 12.9. The number of halogens is 2. The van der Waals surface area contributed by atoms with Gasteiger partial charge < -0.3 is 4.90 Å². The van der Waals surface area contributed by atoms with E-state index < -0.39 is 0 Å². The van der Waals surface area contributed by atoms with Crippen molar-refractivity contribution in [3.8, 4) is 0 Å². The van der Waals surface area contributed by atoms with Gasteiger partial charge in [0.25, 0.3) is 0 Å². The number of hydrogen-bond acceptors (Lipinski definition) is 3. The molecule has 0 N–H and O–H groups in total. The monoisotopic (exact) mass is 273 g/mol. The lowest BCUT2D eigenvalue weighted by atomic mass is 9.94. The highest BCUT2D eigenvalue weighted by molar-refractivity contribution is 6.30. The average molecular weight is 274 g/mol.